The van der Waals surface area contributed by atoms with Crippen LogP contribution in [0.2, 0.25) is 5.02 Å². The molecule has 0 aromatic heterocycles. The lowest BCUT2D eigenvalue weighted by Gasteiger charge is -2.26. The number of esters is 1. The molecule has 1 unspecified atom stereocenters. The van der Waals surface area contributed by atoms with Gasteiger partial charge in [-0.05, 0) is 53.6 Å². The van der Waals surface area contributed by atoms with Crippen LogP contribution in [-0.2, 0) is 6.61 Å². The Bertz CT molecular complexity index is 1510. The first kappa shape index (κ1) is 24.0. The smallest absolute Gasteiger partial charge is 0.343 e. The summed E-state index contributed by atoms with van der Waals surface area (Å²) in [5.74, 6) is 0.494. The van der Waals surface area contributed by atoms with Gasteiger partial charge in [0.1, 0.15) is 35.5 Å². The zero-order valence-electron chi connectivity index (χ0n) is 19.6. The van der Waals surface area contributed by atoms with E-state index in [4.69, 9.17) is 31.5 Å². The van der Waals surface area contributed by atoms with Crippen LogP contribution in [0.3, 0.4) is 0 Å². The summed E-state index contributed by atoms with van der Waals surface area (Å²) in [5, 5.41) is 10.5. The number of halogens is 1. The Kier molecular flexibility index (Phi) is 6.80. The Balaban J connectivity index is 1.37. The van der Waals surface area contributed by atoms with Crippen molar-refractivity contribution in [1.82, 2.24) is 0 Å². The van der Waals surface area contributed by atoms with E-state index in [1.807, 2.05) is 54.6 Å². The van der Waals surface area contributed by atoms with Gasteiger partial charge in [0.05, 0.1) is 11.5 Å². The van der Waals surface area contributed by atoms with Gasteiger partial charge in [-0.25, -0.2) is 4.79 Å². The third kappa shape index (κ3) is 5.27. The number of rotatable bonds is 6. The van der Waals surface area contributed by atoms with Crippen LogP contribution in [0.5, 0.6) is 17.2 Å². The van der Waals surface area contributed by atoms with E-state index in [-0.39, 0.29) is 5.88 Å². The van der Waals surface area contributed by atoms with E-state index in [1.54, 1.807) is 42.5 Å². The quantitative estimate of drug-likeness (QED) is 0.240. The molecule has 2 N–H and O–H groups in total. The molecule has 37 heavy (non-hydrogen) atoms. The van der Waals surface area contributed by atoms with Crippen molar-refractivity contribution in [2.24, 2.45) is 5.73 Å². The highest BCUT2D eigenvalue weighted by molar-refractivity contribution is 6.30. The van der Waals surface area contributed by atoms with Gasteiger partial charge in [-0.2, -0.15) is 5.26 Å². The van der Waals surface area contributed by atoms with Crippen molar-refractivity contribution in [3.63, 3.8) is 0 Å². The third-order valence-electron chi connectivity index (χ3n) is 5.94. The Morgan fingerprint density at radius 3 is 2.35 bits per heavy atom. The molecule has 182 valence electrons. The van der Waals surface area contributed by atoms with Crippen molar-refractivity contribution in [3.8, 4) is 23.3 Å². The number of fused-ring (bicyclic) bond motifs is 1. The number of hydrogen-bond donors (Lipinski definition) is 1. The molecule has 1 aliphatic rings. The Labute approximate surface area is 219 Å². The molecular formula is C30H21ClN2O4. The summed E-state index contributed by atoms with van der Waals surface area (Å²) < 4.78 is 17.2. The topological polar surface area (TPSA) is 94.6 Å². The number of nitrogens with zero attached hydrogens (tertiary/aromatic N) is 1. The van der Waals surface area contributed by atoms with Gasteiger partial charge >= 0.3 is 5.97 Å². The Morgan fingerprint density at radius 2 is 1.65 bits per heavy atom. The summed E-state index contributed by atoms with van der Waals surface area (Å²) >= 11 is 5.94. The minimum absolute atomic E-state index is 0.00889. The van der Waals surface area contributed by atoms with Gasteiger partial charge in [-0.1, -0.05) is 60.1 Å². The molecule has 0 spiro atoms. The van der Waals surface area contributed by atoms with E-state index in [0.29, 0.717) is 40.0 Å². The second-order valence-electron chi connectivity index (χ2n) is 8.36. The summed E-state index contributed by atoms with van der Waals surface area (Å²) in [6.07, 6.45) is 0. The van der Waals surface area contributed by atoms with Crippen LogP contribution < -0.4 is 19.9 Å². The zero-order valence-corrected chi connectivity index (χ0v) is 20.3. The van der Waals surface area contributed by atoms with E-state index >= 15 is 0 Å². The number of allylic oxidation sites excluding steroid dienone is 1. The molecule has 4 aromatic rings. The normalized spacial score (nSPS) is 14.2. The van der Waals surface area contributed by atoms with Crippen molar-refractivity contribution in [2.45, 2.75) is 12.5 Å². The second kappa shape index (κ2) is 10.5. The lowest BCUT2D eigenvalue weighted by molar-refractivity contribution is 0.0734. The maximum atomic E-state index is 12.5. The molecule has 5 rings (SSSR count). The van der Waals surface area contributed by atoms with Gasteiger partial charge < -0.3 is 19.9 Å². The van der Waals surface area contributed by atoms with Crippen LogP contribution in [0, 0.1) is 11.3 Å². The highest BCUT2D eigenvalue weighted by Crippen LogP contribution is 2.43. The molecule has 0 aliphatic carbocycles. The average Bonchev–Trinajstić information content (AvgIpc) is 2.92. The predicted octanol–water partition coefficient (Wildman–Crippen LogP) is 6.36. The van der Waals surface area contributed by atoms with Crippen LogP contribution >= 0.6 is 11.6 Å². The number of nitrogens with two attached hydrogens (primary N) is 1. The zero-order chi connectivity index (χ0) is 25.8. The standard InChI is InChI=1S/C30H21ClN2O4/c31-22-10-6-19(7-11-22)18-35-23-12-8-20(9-13-23)28-25-15-14-24(16-27(25)37-29(33)26(28)17-32)36-30(34)21-4-2-1-3-5-21/h1-16,28H,18,33H2. The second-order valence-corrected chi connectivity index (χ2v) is 8.80. The third-order valence-corrected chi connectivity index (χ3v) is 6.19. The number of carbonyl (C=O) groups excluding carboxylic acids is 1. The number of benzene rings is 4. The summed E-state index contributed by atoms with van der Waals surface area (Å²) in [5.41, 5.74) is 9.43. The molecule has 1 atom stereocenters. The van der Waals surface area contributed by atoms with Crippen LogP contribution in [0.4, 0.5) is 0 Å². The maximum absolute atomic E-state index is 12.5. The Morgan fingerprint density at radius 1 is 0.946 bits per heavy atom. The fraction of sp³-hybridized carbons (Fsp3) is 0.0667. The summed E-state index contributed by atoms with van der Waals surface area (Å²) in [6, 6.07) is 30.9. The first-order valence-electron chi connectivity index (χ1n) is 11.5. The Hall–Kier alpha value is -4.73. The summed E-state index contributed by atoms with van der Waals surface area (Å²) in [4.78, 5) is 12.5. The van der Waals surface area contributed by atoms with Crippen LogP contribution in [-0.4, -0.2) is 5.97 Å². The van der Waals surface area contributed by atoms with Gasteiger partial charge in [-0.3, -0.25) is 0 Å². The molecule has 0 saturated carbocycles. The first-order valence-corrected chi connectivity index (χ1v) is 11.9. The molecule has 0 amide bonds. The van der Waals surface area contributed by atoms with Crippen molar-refractivity contribution < 1.29 is 19.0 Å². The monoisotopic (exact) mass is 508 g/mol. The van der Waals surface area contributed by atoms with E-state index in [1.165, 1.54) is 0 Å². The van der Waals surface area contributed by atoms with E-state index in [9.17, 15) is 10.1 Å². The SMILES string of the molecule is N#CC1=C(N)Oc2cc(OC(=O)c3ccccc3)ccc2C1c1ccc(OCc2ccc(Cl)cc2)cc1. The summed E-state index contributed by atoms with van der Waals surface area (Å²) in [7, 11) is 0. The van der Waals surface area contributed by atoms with E-state index in [0.717, 1.165) is 16.7 Å². The van der Waals surface area contributed by atoms with Crippen LogP contribution in [0.25, 0.3) is 0 Å². The maximum Gasteiger partial charge on any atom is 0.343 e. The van der Waals surface area contributed by atoms with Crippen molar-refractivity contribution in [1.29, 1.82) is 5.26 Å². The molecule has 0 bridgehead atoms. The number of carbonyl (C=O) groups is 1. The van der Waals surface area contributed by atoms with Gasteiger partial charge in [0.2, 0.25) is 5.88 Å². The molecule has 0 saturated heterocycles. The van der Waals surface area contributed by atoms with Crippen LogP contribution in [0.15, 0.2) is 109 Å². The number of nitriles is 1. The lowest BCUT2D eigenvalue weighted by Crippen LogP contribution is -2.21. The van der Waals surface area contributed by atoms with Crippen molar-refractivity contribution >= 4 is 17.6 Å². The summed E-state index contributed by atoms with van der Waals surface area (Å²) in [6.45, 7) is 0.400. The predicted molar refractivity (Wildman–Crippen MR) is 139 cm³/mol. The van der Waals surface area contributed by atoms with E-state index in [2.05, 4.69) is 6.07 Å². The first-order chi connectivity index (χ1) is 18.0. The van der Waals surface area contributed by atoms with Crippen LogP contribution in [0.1, 0.15) is 33.0 Å². The van der Waals surface area contributed by atoms with Gasteiger partial charge in [0.25, 0.3) is 0 Å². The molecule has 1 aliphatic heterocycles. The molecule has 0 fully saturated rings. The number of hydrogen-bond acceptors (Lipinski definition) is 6. The lowest BCUT2D eigenvalue weighted by atomic mass is 9.83. The van der Waals surface area contributed by atoms with Gasteiger partial charge in [0, 0.05) is 16.7 Å². The molecule has 1 heterocycles. The average molecular weight is 509 g/mol. The van der Waals surface area contributed by atoms with Gasteiger partial charge in [0.15, 0.2) is 0 Å². The highest BCUT2D eigenvalue weighted by atomic mass is 35.5. The van der Waals surface area contributed by atoms with Gasteiger partial charge in [-0.15, -0.1) is 0 Å². The molecule has 6 nitrogen and oxygen atoms in total. The fourth-order valence-electron chi connectivity index (χ4n) is 4.09. The van der Waals surface area contributed by atoms with E-state index < -0.39 is 11.9 Å². The number of ether oxygens (including phenoxy) is 3. The minimum atomic E-state index is -0.483. The molecule has 4 aromatic carbocycles. The largest absolute Gasteiger partial charge is 0.489 e. The molecule has 0 radical (unpaired) electrons. The minimum Gasteiger partial charge on any atom is -0.489 e. The molecular weight excluding hydrogens is 488 g/mol. The molecule has 7 heteroatoms. The van der Waals surface area contributed by atoms with Crippen molar-refractivity contribution in [2.75, 3.05) is 0 Å². The fourth-order valence-corrected chi connectivity index (χ4v) is 4.21. The highest BCUT2D eigenvalue weighted by Gasteiger charge is 2.31. The van der Waals surface area contributed by atoms with Crippen molar-refractivity contribution in [3.05, 3.63) is 136 Å².